The number of rotatable bonds is 5. The molecule has 2 amide bonds. The van der Waals surface area contributed by atoms with Gasteiger partial charge in [0.2, 0.25) is 11.8 Å². The first-order valence-corrected chi connectivity index (χ1v) is 8.35. The SMILES string of the molecule is CC(=O)c1cccc(NC(=O)C[C@H]2SC(=NC3CC3)NC2=O)c1. The fourth-order valence-electron chi connectivity index (χ4n) is 2.17. The van der Waals surface area contributed by atoms with E-state index >= 15 is 0 Å². The molecule has 2 N–H and O–H groups in total. The number of amidine groups is 1. The normalized spacial score (nSPS) is 22.0. The van der Waals surface area contributed by atoms with Crippen molar-refractivity contribution in [3.63, 3.8) is 0 Å². The zero-order valence-electron chi connectivity index (χ0n) is 12.7. The molecule has 1 saturated carbocycles. The minimum absolute atomic E-state index is 0.0623. The van der Waals surface area contributed by atoms with Crippen molar-refractivity contribution in [1.29, 1.82) is 0 Å². The largest absolute Gasteiger partial charge is 0.326 e. The average molecular weight is 331 g/mol. The van der Waals surface area contributed by atoms with Crippen LogP contribution in [-0.2, 0) is 9.59 Å². The molecule has 1 saturated heterocycles. The predicted molar refractivity (Wildman–Crippen MR) is 89.7 cm³/mol. The summed E-state index contributed by atoms with van der Waals surface area (Å²) in [4.78, 5) is 39.7. The number of nitrogens with zero attached hydrogens (tertiary/aromatic N) is 1. The first-order valence-electron chi connectivity index (χ1n) is 7.47. The number of carbonyl (C=O) groups is 3. The molecule has 1 heterocycles. The van der Waals surface area contributed by atoms with E-state index in [4.69, 9.17) is 0 Å². The lowest BCUT2D eigenvalue weighted by atomic mass is 10.1. The number of benzene rings is 1. The zero-order valence-corrected chi connectivity index (χ0v) is 13.5. The molecule has 1 aromatic rings. The molecule has 120 valence electrons. The summed E-state index contributed by atoms with van der Waals surface area (Å²) in [5.74, 6) is -0.499. The predicted octanol–water partition coefficient (Wildman–Crippen LogP) is 1.97. The second-order valence-electron chi connectivity index (χ2n) is 5.65. The number of amides is 2. The highest BCUT2D eigenvalue weighted by molar-refractivity contribution is 8.15. The van der Waals surface area contributed by atoms with E-state index in [-0.39, 0.29) is 24.0 Å². The summed E-state index contributed by atoms with van der Waals surface area (Å²) < 4.78 is 0. The van der Waals surface area contributed by atoms with E-state index in [0.29, 0.717) is 22.5 Å². The summed E-state index contributed by atoms with van der Waals surface area (Å²) in [6, 6.07) is 7.08. The quantitative estimate of drug-likeness (QED) is 0.808. The standard InChI is InChI=1S/C16H17N3O3S/c1-9(20)10-3-2-4-12(7-10)17-14(21)8-13-15(22)19-16(23-13)18-11-5-6-11/h2-4,7,11,13H,5-6,8H2,1H3,(H,17,21)(H,18,19,22)/t13-/m1/s1. The molecule has 0 radical (unpaired) electrons. The number of nitrogens with one attached hydrogen (secondary N) is 2. The van der Waals surface area contributed by atoms with Crippen LogP contribution in [0.15, 0.2) is 29.3 Å². The van der Waals surface area contributed by atoms with Gasteiger partial charge in [0.25, 0.3) is 0 Å². The van der Waals surface area contributed by atoms with Gasteiger partial charge in [0, 0.05) is 17.7 Å². The van der Waals surface area contributed by atoms with Crippen molar-refractivity contribution in [1.82, 2.24) is 5.32 Å². The highest BCUT2D eigenvalue weighted by Gasteiger charge is 2.33. The molecule has 2 aliphatic rings. The van der Waals surface area contributed by atoms with Crippen LogP contribution >= 0.6 is 11.8 Å². The summed E-state index contributed by atoms with van der Waals surface area (Å²) in [6.45, 7) is 1.47. The van der Waals surface area contributed by atoms with Crippen LogP contribution < -0.4 is 10.6 Å². The van der Waals surface area contributed by atoms with E-state index in [2.05, 4.69) is 15.6 Å². The first kappa shape index (κ1) is 15.7. The second-order valence-corrected chi connectivity index (χ2v) is 6.84. The fraction of sp³-hybridized carbons (Fsp3) is 0.375. The molecule has 3 rings (SSSR count). The van der Waals surface area contributed by atoms with Crippen molar-refractivity contribution in [2.24, 2.45) is 4.99 Å². The summed E-state index contributed by atoms with van der Waals surface area (Å²) >= 11 is 1.31. The molecule has 1 aromatic carbocycles. The van der Waals surface area contributed by atoms with Crippen LogP contribution in [0.5, 0.6) is 0 Å². The minimum atomic E-state index is -0.455. The van der Waals surface area contributed by atoms with Crippen LogP contribution in [0.2, 0.25) is 0 Å². The lowest BCUT2D eigenvalue weighted by Gasteiger charge is -2.08. The summed E-state index contributed by atoms with van der Waals surface area (Å²) in [6.07, 6.45) is 2.21. The summed E-state index contributed by atoms with van der Waals surface area (Å²) in [5.41, 5.74) is 1.09. The second kappa shape index (κ2) is 6.54. The van der Waals surface area contributed by atoms with E-state index in [0.717, 1.165) is 12.8 Å². The van der Waals surface area contributed by atoms with Gasteiger partial charge in [-0.05, 0) is 31.9 Å². The molecule has 23 heavy (non-hydrogen) atoms. The Hall–Kier alpha value is -2.15. The topological polar surface area (TPSA) is 87.6 Å². The number of hydrogen-bond acceptors (Lipinski definition) is 5. The molecular weight excluding hydrogens is 314 g/mol. The van der Waals surface area contributed by atoms with Crippen molar-refractivity contribution in [3.8, 4) is 0 Å². The molecule has 6 nitrogen and oxygen atoms in total. The third-order valence-corrected chi connectivity index (χ3v) is 4.64. The van der Waals surface area contributed by atoms with E-state index in [9.17, 15) is 14.4 Å². The lowest BCUT2D eigenvalue weighted by molar-refractivity contribution is -0.122. The number of Topliss-reactive ketones (excluding diaryl/α,β-unsaturated/α-hetero) is 1. The van der Waals surface area contributed by atoms with Crippen molar-refractivity contribution < 1.29 is 14.4 Å². The summed E-state index contributed by atoms with van der Waals surface area (Å²) in [7, 11) is 0. The number of hydrogen-bond donors (Lipinski definition) is 2. The van der Waals surface area contributed by atoms with Gasteiger partial charge in [-0.3, -0.25) is 19.4 Å². The van der Waals surface area contributed by atoms with Gasteiger partial charge in [-0.25, -0.2) is 0 Å². The van der Waals surface area contributed by atoms with Crippen LogP contribution in [0, 0.1) is 0 Å². The van der Waals surface area contributed by atoms with E-state index in [1.165, 1.54) is 18.7 Å². The van der Waals surface area contributed by atoms with Gasteiger partial charge in [-0.15, -0.1) is 0 Å². The molecule has 2 fully saturated rings. The summed E-state index contributed by atoms with van der Waals surface area (Å²) in [5, 5.41) is 5.61. The van der Waals surface area contributed by atoms with E-state index < -0.39 is 5.25 Å². The van der Waals surface area contributed by atoms with E-state index in [1.807, 2.05) is 0 Å². The Balaban J connectivity index is 1.58. The van der Waals surface area contributed by atoms with Crippen LogP contribution in [0.25, 0.3) is 0 Å². The Morgan fingerprint density at radius 3 is 2.87 bits per heavy atom. The Kier molecular flexibility index (Phi) is 4.47. The molecule has 0 unspecified atom stereocenters. The maximum Gasteiger partial charge on any atom is 0.240 e. The van der Waals surface area contributed by atoms with Gasteiger partial charge in [0.1, 0.15) is 5.25 Å². The van der Waals surface area contributed by atoms with Crippen molar-refractivity contribution in [2.75, 3.05) is 5.32 Å². The van der Waals surface area contributed by atoms with Crippen LogP contribution in [0.1, 0.15) is 36.5 Å². The molecular formula is C16H17N3O3S. The third kappa shape index (κ3) is 4.19. The molecule has 7 heteroatoms. The minimum Gasteiger partial charge on any atom is -0.326 e. The smallest absolute Gasteiger partial charge is 0.240 e. The highest BCUT2D eigenvalue weighted by atomic mass is 32.2. The van der Waals surface area contributed by atoms with Crippen LogP contribution in [-0.4, -0.2) is 34.1 Å². The monoisotopic (exact) mass is 331 g/mol. The van der Waals surface area contributed by atoms with Gasteiger partial charge < -0.3 is 10.6 Å². The lowest BCUT2D eigenvalue weighted by Crippen LogP contribution is -2.28. The molecule has 1 aliphatic carbocycles. The van der Waals surface area contributed by atoms with Crippen LogP contribution in [0.3, 0.4) is 0 Å². The number of ketones is 1. The highest BCUT2D eigenvalue weighted by Crippen LogP contribution is 2.29. The molecule has 1 aliphatic heterocycles. The first-order chi connectivity index (χ1) is 11.0. The number of thioether (sulfide) groups is 1. The van der Waals surface area contributed by atoms with Crippen molar-refractivity contribution >= 4 is 40.2 Å². The maximum atomic E-state index is 12.1. The number of carbonyl (C=O) groups excluding carboxylic acids is 3. The Morgan fingerprint density at radius 1 is 1.39 bits per heavy atom. The molecule has 1 atom stereocenters. The van der Waals surface area contributed by atoms with Crippen molar-refractivity contribution in [3.05, 3.63) is 29.8 Å². The average Bonchev–Trinajstić information content (AvgIpc) is 3.24. The van der Waals surface area contributed by atoms with Crippen LogP contribution in [0.4, 0.5) is 5.69 Å². The number of anilines is 1. The molecule has 0 spiro atoms. The van der Waals surface area contributed by atoms with Gasteiger partial charge in [-0.2, -0.15) is 0 Å². The Morgan fingerprint density at radius 2 is 2.17 bits per heavy atom. The van der Waals surface area contributed by atoms with Crippen molar-refractivity contribution in [2.45, 2.75) is 37.5 Å². The van der Waals surface area contributed by atoms with Gasteiger partial charge in [0.05, 0.1) is 6.04 Å². The maximum absolute atomic E-state index is 12.1. The molecule has 0 bridgehead atoms. The Bertz CT molecular complexity index is 698. The van der Waals surface area contributed by atoms with E-state index in [1.54, 1.807) is 24.3 Å². The molecule has 0 aromatic heterocycles. The van der Waals surface area contributed by atoms with Gasteiger partial charge in [0.15, 0.2) is 11.0 Å². The van der Waals surface area contributed by atoms with Gasteiger partial charge >= 0.3 is 0 Å². The fourth-order valence-corrected chi connectivity index (χ4v) is 3.21. The third-order valence-electron chi connectivity index (χ3n) is 3.55. The zero-order chi connectivity index (χ0) is 16.4. The number of aliphatic imine (C=N–C) groups is 1. The Labute approximate surface area is 138 Å². The van der Waals surface area contributed by atoms with Gasteiger partial charge in [-0.1, -0.05) is 23.9 Å².